The number of H-pyrrole nitrogens is 1. The van der Waals surface area contributed by atoms with Crippen LogP contribution in [0.2, 0.25) is 0 Å². The fourth-order valence-corrected chi connectivity index (χ4v) is 1.46. The Morgan fingerprint density at radius 1 is 1.56 bits per heavy atom. The van der Waals surface area contributed by atoms with Crippen molar-refractivity contribution in [3.63, 3.8) is 0 Å². The lowest BCUT2D eigenvalue weighted by Gasteiger charge is -2.08. The maximum atomic E-state index is 11.7. The van der Waals surface area contributed by atoms with Gasteiger partial charge in [-0.25, -0.2) is 0 Å². The molecule has 16 heavy (non-hydrogen) atoms. The highest BCUT2D eigenvalue weighted by Gasteiger charge is 2.14. The van der Waals surface area contributed by atoms with E-state index in [0.29, 0.717) is 5.56 Å². The van der Waals surface area contributed by atoms with Gasteiger partial charge in [-0.15, -0.1) is 0 Å². The minimum Gasteiger partial charge on any atom is -0.392 e. The molecule has 1 rings (SSSR count). The molecule has 1 heterocycles. The number of aryl methyl sites for hydroxylation is 2. The molecule has 0 aliphatic heterocycles. The predicted molar refractivity (Wildman–Crippen MR) is 60.6 cm³/mol. The largest absolute Gasteiger partial charge is 0.392 e. The average Bonchev–Trinajstić information content (AvgIpc) is 2.12. The first-order valence-corrected chi connectivity index (χ1v) is 5.08. The van der Waals surface area contributed by atoms with E-state index in [9.17, 15) is 9.59 Å². The SMILES string of the molecule is Cc1cc(C)c(C(=O)NCC(C)O)c(=O)[nH]1. The molecule has 0 aliphatic carbocycles. The number of pyridine rings is 1. The lowest BCUT2D eigenvalue weighted by atomic mass is 10.1. The second-order valence-electron chi connectivity index (χ2n) is 3.90. The van der Waals surface area contributed by atoms with E-state index >= 15 is 0 Å². The van der Waals surface area contributed by atoms with E-state index in [4.69, 9.17) is 5.11 Å². The van der Waals surface area contributed by atoms with Crippen LogP contribution in [0, 0.1) is 13.8 Å². The van der Waals surface area contributed by atoms with Gasteiger partial charge < -0.3 is 15.4 Å². The Balaban J connectivity index is 2.96. The third kappa shape index (κ3) is 2.93. The molecule has 0 fully saturated rings. The van der Waals surface area contributed by atoms with Gasteiger partial charge in [0.1, 0.15) is 5.56 Å². The fourth-order valence-electron chi connectivity index (χ4n) is 1.46. The summed E-state index contributed by atoms with van der Waals surface area (Å²) in [6.07, 6.45) is -0.631. The van der Waals surface area contributed by atoms with Crippen LogP contribution in [0.5, 0.6) is 0 Å². The summed E-state index contributed by atoms with van der Waals surface area (Å²) in [6.45, 7) is 5.16. The molecule has 1 amide bonds. The third-order valence-electron chi connectivity index (χ3n) is 2.15. The maximum Gasteiger partial charge on any atom is 0.261 e. The highest BCUT2D eigenvalue weighted by Crippen LogP contribution is 2.03. The third-order valence-corrected chi connectivity index (χ3v) is 2.15. The summed E-state index contributed by atoms with van der Waals surface area (Å²) in [5.41, 5.74) is 1.05. The molecule has 1 aromatic rings. The van der Waals surface area contributed by atoms with Gasteiger partial charge in [0, 0.05) is 12.2 Å². The fraction of sp³-hybridized carbons (Fsp3) is 0.455. The Morgan fingerprint density at radius 2 is 2.19 bits per heavy atom. The molecule has 88 valence electrons. The number of hydrogen-bond acceptors (Lipinski definition) is 3. The van der Waals surface area contributed by atoms with Gasteiger partial charge in [0.15, 0.2) is 0 Å². The Kier molecular flexibility index (Phi) is 3.84. The predicted octanol–water partition coefficient (Wildman–Crippen LogP) is 0.102. The molecule has 0 saturated carbocycles. The Hall–Kier alpha value is -1.62. The van der Waals surface area contributed by atoms with Gasteiger partial charge in [-0.05, 0) is 32.4 Å². The average molecular weight is 224 g/mol. The summed E-state index contributed by atoms with van der Waals surface area (Å²) in [5, 5.41) is 11.5. The highest BCUT2D eigenvalue weighted by atomic mass is 16.3. The zero-order valence-electron chi connectivity index (χ0n) is 9.63. The summed E-state index contributed by atoms with van der Waals surface area (Å²) in [5.74, 6) is -0.459. The summed E-state index contributed by atoms with van der Waals surface area (Å²) < 4.78 is 0. The van der Waals surface area contributed by atoms with Crippen molar-refractivity contribution in [2.24, 2.45) is 0 Å². The van der Waals surface area contributed by atoms with Crippen LogP contribution in [-0.2, 0) is 0 Å². The van der Waals surface area contributed by atoms with Crippen LogP contribution in [0.25, 0.3) is 0 Å². The van der Waals surface area contributed by atoms with Crippen molar-refractivity contribution < 1.29 is 9.90 Å². The monoisotopic (exact) mass is 224 g/mol. The number of aliphatic hydroxyl groups excluding tert-OH is 1. The zero-order valence-corrected chi connectivity index (χ0v) is 9.63. The van der Waals surface area contributed by atoms with E-state index < -0.39 is 17.6 Å². The molecule has 1 unspecified atom stereocenters. The van der Waals surface area contributed by atoms with Gasteiger partial charge in [-0.2, -0.15) is 0 Å². The number of carbonyl (C=O) groups excluding carboxylic acids is 1. The Bertz CT molecular complexity index is 449. The minimum absolute atomic E-state index is 0.103. The van der Waals surface area contributed by atoms with E-state index in [-0.39, 0.29) is 12.1 Å². The number of rotatable bonds is 3. The van der Waals surface area contributed by atoms with Crippen molar-refractivity contribution >= 4 is 5.91 Å². The number of aromatic nitrogens is 1. The minimum atomic E-state index is -0.631. The first kappa shape index (κ1) is 12.4. The summed E-state index contributed by atoms with van der Waals surface area (Å²) in [4.78, 5) is 25.8. The van der Waals surface area contributed by atoms with E-state index in [1.54, 1.807) is 26.8 Å². The van der Waals surface area contributed by atoms with E-state index in [1.165, 1.54) is 0 Å². The Labute approximate surface area is 93.5 Å². The van der Waals surface area contributed by atoms with Crippen molar-refractivity contribution in [1.82, 2.24) is 10.3 Å². The molecule has 1 aromatic heterocycles. The van der Waals surface area contributed by atoms with Crippen LogP contribution in [-0.4, -0.2) is 28.6 Å². The summed E-state index contributed by atoms with van der Waals surface area (Å²) >= 11 is 0. The molecule has 1 atom stereocenters. The molecule has 0 bridgehead atoms. The van der Waals surface area contributed by atoms with Crippen molar-refractivity contribution in [2.45, 2.75) is 26.9 Å². The lowest BCUT2D eigenvalue weighted by Crippen LogP contribution is -2.35. The second-order valence-corrected chi connectivity index (χ2v) is 3.90. The number of aliphatic hydroxyl groups is 1. The molecule has 0 saturated heterocycles. The van der Waals surface area contributed by atoms with Crippen LogP contribution in [0.1, 0.15) is 28.5 Å². The molecule has 5 nitrogen and oxygen atoms in total. The van der Waals surface area contributed by atoms with E-state index in [2.05, 4.69) is 10.3 Å². The molecule has 0 aromatic carbocycles. The van der Waals surface area contributed by atoms with Crippen molar-refractivity contribution in [3.05, 3.63) is 33.2 Å². The molecule has 0 spiro atoms. The number of amides is 1. The first-order valence-electron chi connectivity index (χ1n) is 5.08. The molecular weight excluding hydrogens is 208 g/mol. The van der Waals surface area contributed by atoms with Gasteiger partial charge in [-0.3, -0.25) is 9.59 Å². The van der Waals surface area contributed by atoms with Crippen LogP contribution in [0.15, 0.2) is 10.9 Å². The van der Waals surface area contributed by atoms with E-state index in [1.807, 2.05) is 0 Å². The standard InChI is InChI=1S/C11H16N2O3/c1-6-4-7(2)13-11(16)9(6)10(15)12-5-8(3)14/h4,8,14H,5H2,1-3H3,(H,12,15)(H,13,16). The Morgan fingerprint density at radius 3 is 2.69 bits per heavy atom. The number of hydrogen-bond donors (Lipinski definition) is 3. The van der Waals surface area contributed by atoms with Crippen LogP contribution in [0.4, 0.5) is 0 Å². The smallest absolute Gasteiger partial charge is 0.261 e. The van der Waals surface area contributed by atoms with Gasteiger partial charge in [-0.1, -0.05) is 0 Å². The summed E-state index contributed by atoms with van der Waals surface area (Å²) in [6, 6.07) is 1.73. The molecule has 0 radical (unpaired) electrons. The van der Waals surface area contributed by atoms with Crippen molar-refractivity contribution in [3.8, 4) is 0 Å². The summed E-state index contributed by atoms with van der Waals surface area (Å²) in [7, 11) is 0. The maximum absolute atomic E-state index is 11.7. The normalized spacial score (nSPS) is 12.2. The van der Waals surface area contributed by atoms with Crippen LogP contribution in [0.3, 0.4) is 0 Å². The molecular formula is C11H16N2O3. The van der Waals surface area contributed by atoms with Gasteiger partial charge >= 0.3 is 0 Å². The van der Waals surface area contributed by atoms with Crippen LogP contribution >= 0.6 is 0 Å². The topological polar surface area (TPSA) is 82.2 Å². The molecule has 5 heteroatoms. The van der Waals surface area contributed by atoms with Gasteiger partial charge in [0.25, 0.3) is 11.5 Å². The lowest BCUT2D eigenvalue weighted by molar-refractivity contribution is 0.0922. The molecule has 0 aliphatic rings. The van der Waals surface area contributed by atoms with Gasteiger partial charge in [0.05, 0.1) is 6.10 Å². The zero-order chi connectivity index (χ0) is 12.3. The number of aromatic amines is 1. The number of carbonyl (C=O) groups is 1. The molecule has 3 N–H and O–H groups in total. The van der Waals surface area contributed by atoms with Crippen molar-refractivity contribution in [2.75, 3.05) is 6.54 Å². The van der Waals surface area contributed by atoms with Crippen molar-refractivity contribution in [1.29, 1.82) is 0 Å². The first-order chi connectivity index (χ1) is 7.41. The second kappa shape index (κ2) is 4.94. The highest BCUT2D eigenvalue weighted by molar-refractivity contribution is 5.95. The quantitative estimate of drug-likeness (QED) is 0.681. The van der Waals surface area contributed by atoms with E-state index in [0.717, 1.165) is 5.69 Å². The van der Waals surface area contributed by atoms with Crippen LogP contribution < -0.4 is 10.9 Å². The van der Waals surface area contributed by atoms with Gasteiger partial charge in [0.2, 0.25) is 0 Å². The number of nitrogens with one attached hydrogen (secondary N) is 2.